The van der Waals surface area contributed by atoms with E-state index in [0.29, 0.717) is 6.04 Å². The van der Waals surface area contributed by atoms with E-state index in [1.54, 1.807) is 7.11 Å². The van der Waals surface area contributed by atoms with Gasteiger partial charge in [-0.1, -0.05) is 0 Å². The lowest BCUT2D eigenvalue weighted by molar-refractivity contribution is 0.0639. The number of fused-ring (bicyclic) bond motifs is 1. The van der Waals surface area contributed by atoms with Gasteiger partial charge in [-0.05, 0) is 50.5 Å². The number of ether oxygens (including phenoxy) is 1. The normalized spacial score (nSPS) is 19.4. The van der Waals surface area contributed by atoms with Gasteiger partial charge in [0.05, 0.1) is 12.7 Å². The van der Waals surface area contributed by atoms with Gasteiger partial charge in [-0.3, -0.25) is 0 Å². The van der Waals surface area contributed by atoms with E-state index in [0.717, 1.165) is 18.6 Å². The van der Waals surface area contributed by atoms with Gasteiger partial charge >= 0.3 is 0 Å². The monoisotopic (exact) mass is 235 g/mol. The molecule has 1 aliphatic rings. The molecule has 1 aliphatic heterocycles. The Morgan fingerprint density at radius 3 is 2.76 bits per heavy atom. The smallest absolute Gasteiger partial charge is 0.119 e. The summed E-state index contributed by atoms with van der Waals surface area (Å²) in [5, 5.41) is 9.92. The highest BCUT2D eigenvalue weighted by Gasteiger charge is 2.30. The summed E-state index contributed by atoms with van der Waals surface area (Å²) in [6.07, 6.45) is 1.76. The van der Waals surface area contributed by atoms with Crippen molar-refractivity contribution in [1.29, 1.82) is 0 Å². The van der Waals surface area contributed by atoms with Crippen molar-refractivity contribution in [3.05, 3.63) is 23.8 Å². The Morgan fingerprint density at radius 2 is 2.18 bits per heavy atom. The van der Waals surface area contributed by atoms with Crippen LogP contribution in [0.2, 0.25) is 0 Å². The van der Waals surface area contributed by atoms with Crippen molar-refractivity contribution < 1.29 is 9.84 Å². The summed E-state index contributed by atoms with van der Waals surface area (Å²) in [6, 6.07) is 6.55. The standard InChI is InChI=1S/C14H21NO2/c1-14(2,16)9-11-7-10-8-12(17-4)5-6-13(10)15(11)3/h5-6,8,11,16H,7,9H2,1-4H3. The summed E-state index contributed by atoms with van der Waals surface area (Å²) < 4.78 is 5.24. The Kier molecular flexibility index (Phi) is 3.04. The van der Waals surface area contributed by atoms with Crippen LogP contribution < -0.4 is 9.64 Å². The van der Waals surface area contributed by atoms with E-state index in [-0.39, 0.29) is 0 Å². The second-order valence-corrected chi connectivity index (χ2v) is 5.48. The lowest BCUT2D eigenvalue weighted by Crippen LogP contribution is -2.35. The molecule has 3 heteroatoms. The minimum absolute atomic E-state index is 0.372. The fourth-order valence-corrected chi connectivity index (χ4v) is 2.57. The van der Waals surface area contributed by atoms with Gasteiger partial charge in [0.15, 0.2) is 0 Å². The predicted molar refractivity (Wildman–Crippen MR) is 69.8 cm³/mol. The average Bonchev–Trinajstić information content (AvgIpc) is 2.53. The molecule has 0 spiro atoms. The molecule has 0 aromatic heterocycles. The van der Waals surface area contributed by atoms with E-state index in [4.69, 9.17) is 4.74 Å². The number of hydrogen-bond acceptors (Lipinski definition) is 3. The molecule has 0 saturated carbocycles. The van der Waals surface area contributed by atoms with Crippen LogP contribution in [0.1, 0.15) is 25.8 Å². The first-order chi connectivity index (χ1) is 7.90. The summed E-state index contributed by atoms with van der Waals surface area (Å²) >= 11 is 0. The van der Waals surface area contributed by atoms with Gasteiger partial charge in [0, 0.05) is 18.8 Å². The van der Waals surface area contributed by atoms with Crippen molar-refractivity contribution >= 4 is 5.69 Å². The summed E-state index contributed by atoms with van der Waals surface area (Å²) in [5.74, 6) is 0.904. The molecule has 1 atom stereocenters. The van der Waals surface area contributed by atoms with Gasteiger partial charge < -0.3 is 14.7 Å². The molecule has 1 unspecified atom stereocenters. The molecule has 17 heavy (non-hydrogen) atoms. The number of rotatable bonds is 3. The van der Waals surface area contributed by atoms with Crippen molar-refractivity contribution in [1.82, 2.24) is 0 Å². The van der Waals surface area contributed by atoms with Gasteiger partial charge in [0.1, 0.15) is 5.75 Å². The minimum Gasteiger partial charge on any atom is -0.497 e. The Bertz CT molecular complexity index is 409. The molecule has 3 nitrogen and oxygen atoms in total. The second kappa shape index (κ2) is 4.22. The average molecular weight is 235 g/mol. The lowest BCUT2D eigenvalue weighted by atomic mass is 9.96. The highest BCUT2D eigenvalue weighted by atomic mass is 16.5. The van der Waals surface area contributed by atoms with E-state index in [1.807, 2.05) is 19.9 Å². The molecule has 0 bridgehead atoms. The largest absolute Gasteiger partial charge is 0.497 e. The maximum atomic E-state index is 9.92. The summed E-state index contributed by atoms with van der Waals surface area (Å²) in [5.41, 5.74) is 1.94. The third-order valence-corrected chi connectivity index (χ3v) is 3.41. The summed E-state index contributed by atoms with van der Waals surface area (Å²) in [4.78, 5) is 2.26. The summed E-state index contributed by atoms with van der Waals surface area (Å²) in [7, 11) is 3.78. The summed E-state index contributed by atoms with van der Waals surface area (Å²) in [6.45, 7) is 3.73. The van der Waals surface area contributed by atoms with Gasteiger partial charge in [0.25, 0.3) is 0 Å². The first kappa shape index (κ1) is 12.2. The van der Waals surface area contributed by atoms with Crippen LogP contribution in [0.25, 0.3) is 0 Å². The molecule has 1 aromatic carbocycles. The van der Waals surface area contributed by atoms with Crippen LogP contribution in [0, 0.1) is 0 Å². The molecule has 1 heterocycles. The van der Waals surface area contributed by atoms with E-state index < -0.39 is 5.60 Å². The second-order valence-electron chi connectivity index (χ2n) is 5.48. The molecular weight excluding hydrogens is 214 g/mol. The van der Waals surface area contributed by atoms with Crippen LogP contribution >= 0.6 is 0 Å². The number of benzene rings is 1. The maximum Gasteiger partial charge on any atom is 0.119 e. The fourth-order valence-electron chi connectivity index (χ4n) is 2.57. The number of nitrogens with zero attached hydrogens (tertiary/aromatic N) is 1. The van der Waals surface area contributed by atoms with Gasteiger partial charge in [0.2, 0.25) is 0 Å². The van der Waals surface area contributed by atoms with Crippen LogP contribution in [0.5, 0.6) is 5.75 Å². The predicted octanol–water partition coefficient (Wildman–Crippen LogP) is 2.22. The molecule has 0 aliphatic carbocycles. The molecule has 2 rings (SSSR count). The van der Waals surface area contributed by atoms with Gasteiger partial charge in [-0.2, -0.15) is 0 Å². The molecule has 0 amide bonds. The van der Waals surface area contributed by atoms with E-state index in [1.165, 1.54) is 11.3 Å². The molecule has 0 radical (unpaired) electrons. The van der Waals surface area contributed by atoms with Crippen LogP contribution in [0.3, 0.4) is 0 Å². The minimum atomic E-state index is -0.620. The van der Waals surface area contributed by atoms with Crippen molar-refractivity contribution in [2.24, 2.45) is 0 Å². The molecule has 0 fully saturated rings. The molecular formula is C14H21NO2. The van der Waals surface area contributed by atoms with Crippen LogP contribution in [0.4, 0.5) is 5.69 Å². The number of likely N-dealkylation sites (N-methyl/N-ethyl adjacent to an activating group) is 1. The van der Waals surface area contributed by atoms with Gasteiger partial charge in [-0.25, -0.2) is 0 Å². The zero-order valence-corrected chi connectivity index (χ0v) is 11.0. The highest BCUT2D eigenvalue weighted by molar-refractivity contribution is 5.61. The van der Waals surface area contributed by atoms with E-state index in [2.05, 4.69) is 24.1 Å². The zero-order chi connectivity index (χ0) is 12.6. The fraction of sp³-hybridized carbons (Fsp3) is 0.571. The van der Waals surface area contributed by atoms with E-state index >= 15 is 0 Å². The van der Waals surface area contributed by atoms with Gasteiger partial charge in [-0.15, -0.1) is 0 Å². The molecule has 1 aromatic rings. The first-order valence-corrected chi connectivity index (χ1v) is 6.03. The van der Waals surface area contributed by atoms with Crippen molar-refractivity contribution in [2.75, 3.05) is 19.1 Å². The van der Waals surface area contributed by atoms with Crippen LogP contribution in [0.15, 0.2) is 18.2 Å². The number of methoxy groups -OCH3 is 1. The number of anilines is 1. The molecule has 1 N–H and O–H groups in total. The number of aliphatic hydroxyl groups is 1. The highest BCUT2D eigenvalue weighted by Crippen LogP contribution is 2.36. The Labute approximate surface area is 103 Å². The van der Waals surface area contributed by atoms with Crippen molar-refractivity contribution in [3.8, 4) is 5.75 Å². The van der Waals surface area contributed by atoms with Crippen LogP contribution in [-0.4, -0.2) is 30.9 Å². The lowest BCUT2D eigenvalue weighted by Gasteiger charge is -2.28. The van der Waals surface area contributed by atoms with Crippen molar-refractivity contribution in [2.45, 2.75) is 38.3 Å². The quantitative estimate of drug-likeness (QED) is 0.872. The topological polar surface area (TPSA) is 32.7 Å². The Hall–Kier alpha value is -1.22. The molecule has 94 valence electrons. The first-order valence-electron chi connectivity index (χ1n) is 6.03. The maximum absolute atomic E-state index is 9.92. The van der Waals surface area contributed by atoms with Crippen LogP contribution in [-0.2, 0) is 6.42 Å². The molecule has 0 saturated heterocycles. The third kappa shape index (κ3) is 2.55. The zero-order valence-electron chi connectivity index (χ0n) is 11.0. The number of hydrogen-bond donors (Lipinski definition) is 1. The SMILES string of the molecule is COc1ccc2c(c1)CC(CC(C)(C)O)N2C. The Balaban J connectivity index is 2.20. The third-order valence-electron chi connectivity index (χ3n) is 3.41. The van der Waals surface area contributed by atoms with E-state index in [9.17, 15) is 5.11 Å². The Morgan fingerprint density at radius 1 is 1.47 bits per heavy atom. The van der Waals surface area contributed by atoms with Crippen molar-refractivity contribution in [3.63, 3.8) is 0 Å².